The quantitative estimate of drug-likeness (QED) is 0.252. The molecule has 1 saturated heterocycles. The smallest absolute Gasteiger partial charge is 0.253 e. The highest BCUT2D eigenvalue weighted by Crippen LogP contribution is 2.30. The van der Waals surface area contributed by atoms with E-state index in [1.165, 1.54) is 5.56 Å². The van der Waals surface area contributed by atoms with Gasteiger partial charge >= 0.3 is 0 Å². The highest BCUT2D eigenvalue weighted by Gasteiger charge is 2.25. The van der Waals surface area contributed by atoms with Gasteiger partial charge in [-0.15, -0.1) is 0 Å². The van der Waals surface area contributed by atoms with Crippen LogP contribution in [0.1, 0.15) is 60.1 Å². The lowest BCUT2D eigenvalue weighted by molar-refractivity contribution is 0.0713. The minimum Gasteiger partial charge on any atom is -0.339 e. The zero-order valence-corrected chi connectivity index (χ0v) is 22.4. The summed E-state index contributed by atoms with van der Waals surface area (Å²) in [5.74, 6) is 0.508. The first-order chi connectivity index (χ1) is 18.6. The van der Waals surface area contributed by atoms with Gasteiger partial charge in [-0.2, -0.15) is 5.26 Å². The fourth-order valence-electron chi connectivity index (χ4n) is 5.23. The molecule has 6 heteroatoms. The number of aromatic nitrogens is 2. The summed E-state index contributed by atoms with van der Waals surface area (Å²) < 4.78 is 0. The molecule has 0 spiro atoms. The van der Waals surface area contributed by atoms with Gasteiger partial charge in [0.15, 0.2) is 0 Å². The number of aryl methyl sites for hydroxylation is 1. The van der Waals surface area contributed by atoms with E-state index in [-0.39, 0.29) is 11.8 Å². The van der Waals surface area contributed by atoms with E-state index in [0.717, 1.165) is 54.8 Å². The number of hydrogen-bond donors (Lipinski definition) is 0. The third-order valence-electron chi connectivity index (χ3n) is 7.56. The van der Waals surface area contributed by atoms with Gasteiger partial charge < -0.3 is 4.90 Å². The highest BCUT2D eigenvalue weighted by atomic mass is 35.5. The summed E-state index contributed by atoms with van der Waals surface area (Å²) in [6, 6.07) is 26.1. The third kappa shape index (κ3) is 5.71. The number of nitriles is 1. The molecule has 5 rings (SSSR count). The molecule has 0 saturated carbocycles. The standard InChI is InChI=1S/C32H31ClN4O/c1-2-22(21-34)8-14-29-31(25-9-12-27(33)13-10-25)36-28-15-11-26(20-30(28)35-29)32(38)37-18-16-24(17-19-37)23-6-4-3-5-7-23/h3-7,9-13,15,20,22,24H,2,8,14,16-19H2,1H3. The normalized spacial score (nSPS) is 14.8. The summed E-state index contributed by atoms with van der Waals surface area (Å²) in [7, 11) is 0. The van der Waals surface area contributed by atoms with Crippen LogP contribution in [0.25, 0.3) is 22.3 Å². The highest BCUT2D eigenvalue weighted by molar-refractivity contribution is 6.30. The minimum absolute atomic E-state index is 0.0303. The summed E-state index contributed by atoms with van der Waals surface area (Å²) in [5.41, 5.74) is 6.00. The molecule has 1 fully saturated rings. The molecule has 38 heavy (non-hydrogen) atoms. The van der Waals surface area contributed by atoms with E-state index < -0.39 is 0 Å². The number of halogens is 1. The van der Waals surface area contributed by atoms with Gasteiger partial charge in [0.2, 0.25) is 0 Å². The number of carbonyl (C=O) groups excluding carboxylic acids is 1. The van der Waals surface area contributed by atoms with Crippen molar-refractivity contribution in [3.05, 3.63) is 94.6 Å². The lowest BCUT2D eigenvalue weighted by Gasteiger charge is -2.32. The number of piperidine rings is 1. The molecule has 1 aromatic heterocycles. The summed E-state index contributed by atoms with van der Waals surface area (Å²) in [6.45, 7) is 3.52. The number of benzene rings is 3. The fourth-order valence-corrected chi connectivity index (χ4v) is 5.36. The molecule has 3 aromatic carbocycles. The summed E-state index contributed by atoms with van der Waals surface area (Å²) in [4.78, 5) is 25.3. The second kappa shape index (κ2) is 11.8. The second-order valence-electron chi connectivity index (χ2n) is 9.98. The third-order valence-corrected chi connectivity index (χ3v) is 7.81. The van der Waals surface area contributed by atoms with Crippen molar-refractivity contribution in [1.82, 2.24) is 14.9 Å². The van der Waals surface area contributed by atoms with Crippen LogP contribution in [0.4, 0.5) is 0 Å². The molecule has 0 bridgehead atoms. The Bertz CT molecular complexity index is 1460. The van der Waals surface area contributed by atoms with Crippen molar-refractivity contribution >= 4 is 28.5 Å². The van der Waals surface area contributed by atoms with E-state index in [4.69, 9.17) is 21.6 Å². The van der Waals surface area contributed by atoms with Crippen LogP contribution in [0.5, 0.6) is 0 Å². The zero-order valence-electron chi connectivity index (χ0n) is 21.6. The van der Waals surface area contributed by atoms with E-state index in [0.29, 0.717) is 34.9 Å². The molecule has 192 valence electrons. The van der Waals surface area contributed by atoms with Crippen LogP contribution in [-0.4, -0.2) is 33.9 Å². The number of amides is 1. The Hall–Kier alpha value is -3.75. The van der Waals surface area contributed by atoms with Crippen LogP contribution in [0.3, 0.4) is 0 Å². The van der Waals surface area contributed by atoms with Crippen molar-refractivity contribution in [2.45, 2.75) is 44.9 Å². The van der Waals surface area contributed by atoms with E-state index in [1.807, 2.05) is 60.4 Å². The van der Waals surface area contributed by atoms with Gasteiger partial charge in [0.1, 0.15) is 0 Å². The Labute approximate surface area is 229 Å². The van der Waals surface area contributed by atoms with Gasteiger partial charge in [-0.3, -0.25) is 4.79 Å². The Balaban J connectivity index is 1.40. The predicted octanol–water partition coefficient (Wildman–Crippen LogP) is 7.45. The molecule has 1 aliphatic heterocycles. The van der Waals surface area contributed by atoms with Crippen molar-refractivity contribution in [2.24, 2.45) is 5.92 Å². The molecule has 1 amide bonds. The fraction of sp³-hybridized carbons (Fsp3) is 0.312. The Morgan fingerprint density at radius 2 is 1.76 bits per heavy atom. The topological polar surface area (TPSA) is 69.9 Å². The van der Waals surface area contributed by atoms with Gasteiger partial charge in [0, 0.05) is 35.2 Å². The molecule has 5 nitrogen and oxygen atoms in total. The van der Waals surface area contributed by atoms with E-state index in [1.54, 1.807) is 0 Å². The van der Waals surface area contributed by atoms with Crippen molar-refractivity contribution < 1.29 is 4.79 Å². The Kier molecular flexibility index (Phi) is 8.00. The number of fused-ring (bicyclic) bond motifs is 1. The van der Waals surface area contributed by atoms with Crippen LogP contribution < -0.4 is 0 Å². The first kappa shape index (κ1) is 25.9. The van der Waals surface area contributed by atoms with Crippen molar-refractivity contribution in [3.8, 4) is 17.3 Å². The van der Waals surface area contributed by atoms with E-state index in [2.05, 4.69) is 30.3 Å². The average molecular weight is 523 g/mol. The molecule has 0 radical (unpaired) electrons. The maximum atomic E-state index is 13.4. The van der Waals surface area contributed by atoms with Gasteiger partial charge in [0.05, 0.1) is 28.5 Å². The van der Waals surface area contributed by atoms with Crippen LogP contribution >= 0.6 is 11.6 Å². The van der Waals surface area contributed by atoms with Crippen molar-refractivity contribution in [1.29, 1.82) is 5.26 Å². The first-order valence-electron chi connectivity index (χ1n) is 13.4. The first-order valence-corrected chi connectivity index (χ1v) is 13.7. The number of rotatable bonds is 7. The summed E-state index contributed by atoms with van der Waals surface area (Å²) >= 11 is 6.12. The summed E-state index contributed by atoms with van der Waals surface area (Å²) in [5, 5.41) is 10.1. The number of likely N-dealkylation sites (tertiary alicyclic amines) is 1. The van der Waals surface area contributed by atoms with Crippen molar-refractivity contribution in [2.75, 3.05) is 13.1 Å². The number of hydrogen-bond acceptors (Lipinski definition) is 4. The SMILES string of the molecule is CCC(C#N)CCc1nc2cc(C(=O)N3CCC(c4ccccc4)CC3)ccc2nc1-c1ccc(Cl)cc1. The maximum Gasteiger partial charge on any atom is 0.253 e. The monoisotopic (exact) mass is 522 g/mol. The molecule has 0 N–H and O–H groups in total. The maximum absolute atomic E-state index is 13.4. The average Bonchev–Trinajstić information content (AvgIpc) is 2.97. The Morgan fingerprint density at radius 1 is 1.03 bits per heavy atom. The van der Waals surface area contributed by atoms with Crippen LogP contribution in [0.2, 0.25) is 5.02 Å². The van der Waals surface area contributed by atoms with Gasteiger partial charge in [-0.05, 0) is 73.9 Å². The van der Waals surface area contributed by atoms with E-state index in [9.17, 15) is 10.1 Å². The molecule has 0 aliphatic carbocycles. The van der Waals surface area contributed by atoms with Crippen LogP contribution in [0.15, 0.2) is 72.8 Å². The molecule has 1 atom stereocenters. The van der Waals surface area contributed by atoms with Crippen LogP contribution in [-0.2, 0) is 6.42 Å². The number of carbonyl (C=O) groups is 1. The molecular weight excluding hydrogens is 492 g/mol. The molecule has 4 aromatic rings. The summed E-state index contributed by atoms with van der Waals surface area (Å²) in [6.07, 6.45) is 4.08. The largest absolute Gasteiger partial charge is 0.339 e. The molecule has 1 aliphatic rings. The predicted molar refractivity (Wildman–Crippen MR) is 152 cm³/mol. The lowest BCUT2D eigenvalue weighted by atomic mass is 9.89. The minimum atomic E-state index is -0.0303. The second-order valence-corrected chi connectivity index (χ2v) is 10.4. The Morgan fingerprint density at radius 3 is 2.45 bits per heavy atom. The van der Waals surface area contributed by atoms with Gasteiger partial charge in [-0.25, -0.2) is 9.97 Å². The van der Waals surface area contributed by atoms with Gasteiger partial charge in [-0.1, -0.05) is 61.0 Å². The van der Waals surface area contributed by atoms with Crippen molar-refractivity contribution in [3.63, 3.8) is 0 Å². The number of nitrogens with zero attached hydrogens (tertiary/aromatic N) is 4. The van der Waals surface area contributed by atoms with Crippen LogP contribution in [0, 0.1) is 17.2 Å². The zero-order chi connectivity index (χ0) is 26.5. The lowest BCUT2D eigenvalue weighted by Crippen LogP contribution is -2.37. The molecular formula is C32H31ClN4O. The van der Waals surface area contributed by atoms with Gasteiger partial charge in [0.25, 0.3) is 5.91 Å². The molecule has 2 heterocycles. The molecule has 1 unspecified atom stereocenters. The van der Waals surface area contributed by atoms with E-state index >= 15 is 0 Å².